The lowest BCUT2D eigenvalue weighted by Crippen LogP contribution is -2.37. The number of amides is 1. The summed E-state index contributed by atoms with van der Waals surface area (Å²) in [6.07, 6.45) is -0.521. The lowest BCUT2D eigenvalue weighted by Gasteiger charge is -2.18. The van der Waals surface area contributed by atoms with Gasteiger partial charge in [0.05, 0.1) is 6.10 Å². The van der Waals surface area contributed by atoms with Gasteiger partial charge < -0.3 is 15.2 Å². The van der Waals surface area contributed by atoms with Crippen molar-refractivity contribution < 1.29 is 23.4 Å². The maximum Gasteiger partial charge on any atom is 0.258 e. The molecular formula is C18H19F2NO3. The van der Waals surface area contributed by atoms with E-state index >= 15 is 0 Å². The SMILES string of the molecule is CC(CC(O)c1ccc(F)cc1)NC(=O)COc1ccc(F)cc1. The van der Waals surface area contributed by atoms with E-state index in [9.17, 15) is 18.7 Å². The number of halogens is 2. The standard InChI is InChI=1S/C18H19F2NO3/c1-12(10-17(22)13-2-4-14(19)5-3-13)21-18(23)11-24-16-8-6-15(20)7-9-16/h2-9,12,17,22H,10-11H2,1H3,(H,21,23). The highest BCUT2D eigenvalue weighted by Crippen LogP contribution is 2.18. The second kappa shape index (κ2) is 8.40. The Kier molecular flexibility index (Phi) is 6.26. The lowest BCUT2D eigenvalue weighted by atomic mass is 10.0. The van der Waals surface area contributed by atoms with Gasteiger partial charge in [0, 0.05) is 6.04 Å². The molecule has 0 spiro atoms. The van der Waals surface area contributed by atoms with E-state index in [2.05, 4.69) is 5.32 Å². The first-order chi connectivity index (χ1) is 11.4. The Morgan fingerprint density at radius 2 is 1.62 bits per heavy atom. The Labute approximate surface area is 139 Å². The highest BCUT2D eigenvalue weighted by atomic mass is 19.1. The second-order valence-corrected chi connectivity index (χ2v) is 5.51. The van der Waals surface area contributed by atoms with E-state index < -0.39 is 6.10 Å². The molecule has 1 amide bonds. The quantitative estimate of drug-likeness (QED) is 0.818. The van der Waals surface area contributed by atoms with Gasteiger partial charge in [0.2, 0.25) is 0 Å². The topological polar surface area (TPSA) is 58.6 Å². The molecular weight excluding hydrogens is 316 g/mol. The molecule has 2 aromatic rings. The van der Waals surface area contributed by atoms with Crippen LogP contribution < -0.4 is 10.1 Å². The first-order valence-electron chi connectivity index (χ1n) is 7.55. The minimum Gasteiger partial charge on any atom is -0.484 e. The van der Waals surface area contributed by atoms with Gasteiger partial charge in [-0.3, -0.25) is 4.79 Å². The summed E-state index contributed by atoms with van der Waals surface area (Å²) in [5.41, 5.74) is 0.583. The van der Waals surface area contributed by atoms with E-state index in [1.807, 2.05) is 0 Å². The molecule has 24 heavy (non-hydrogen) atoms. The highest BCUT2D eigenvalue weighted by molar-refractivity contribution is 5.77. The van der Waals surface area contributed by atoms with E-state index in [0.717, 1.165) is 0 Å². The Hall–Kier alpha value is -2.47. The molecule has 4 nitrogen and oxygen atoms in total. The molecule has 2 aromatic carbocycles. The number of benzene rings is 2. The van der Waals surface area contributed by atoms with Crippen molar-refractivity contribution >= 4 is 5.91 Å². The van der Waals surface area contributed by atoms with Crippen molar-refractivity contribution in [1.82, 2.24) is 5.32 Å². The van der Waals surface area contributed by atoms with Crippen LogP contribution in [0.15, 0.2) is 48.5 Å². The van der Waals surface area contributed by atoms with Crippen molar-refractivity contribution in [3.05, 3.63) is 65.7 Å². The maximum atomic E-state index is 12.9. The van der Waals surface area contributed by atoms with Gasteiger partial charge in [0.15, 0.2) is 6.61 Å². The molecule has 6 heteroatoms. The molecule has 2 N–H and O–H groups in total. The van der Waals surface area contributed by atoms with E-state index in [-0.39, 0.29) is 36.6 Å². The van der Waals surface area contributed by atoms with Crippen molar-refractivity contribution in [3.63, 3.8) is 0 Å². The molecule has 0 aliphatic carbocycles. The van der Waals surface area contributed by atoms with Crippen molar-refractivity contribution in [2.24, 2.45) is 0 Å². The van der Waals surface area contributed by atoms with Gasteiger partial charge in [-0.15, -0.1) is 0 Å². The van der Waals surface area contributed by atoms with Crippen LogP contribution in [0.2, 0.25) is 0 Å². The largest absolute Gasteiger partial charge is 0.484 e. The van der Waals surface area contributed by atoms with Crippen LogP contribution in [-0.4, -0.2) is 23.7 Å². The molecule has 2 rings (SSSR count). The van der Waals surface area contributed by atoms with Crippen molar-refractivity contribution in [1.29, 1.82) is 0 Å². The van der Waals surface area contributed by atoms with Gasteiger partial charge in [-0.2, -0.15) is 0 Å². The van der Waals surface area contributed by atoms with Crippen molar-refractivity contribution in [2.75, 3.05) is 6.61 Å². The normalized spacial score (nSPS) is 13.2. The number of hydrogen-bond donors (Lipinski definition) is 2. The van der Waals surface area contributed by atoms with Gasteiger partial charge in [-0.05, 0) is 55.3 Å². The summed E-state index contributed by atoms with van der Waals surface area (Å²) >= 11 is 0. The van der Waals surface area contributed by atoms with Crippen LogP contribution in [0.1, 0.15) is 25.0 Å². The molecule has 0 heterocycles. The summed E-state index contributed by atoms with van der Waals surface area (Å²) in [6, 6.07) is 10.6. The zero-order valence-corrected chi connectivity index (χ0v) is 13.2. The van der Waals surface area contributed by atoms with Crippen LogP contribution in [0.25, 0.3) is 0 Å². The third kappa shape index (κ3) is 5.62. The van der Waals surface area contributed by atoms with Crippen LogP contribution in [0.4, 0.5) is 8.78 Å². The lowest BCUT2D eigenvalue weighted by molar-refractivity contribution is -0.123. The minimum atomic E-state index is -0.807. The van der Waals surface area contributed by atoms with E-state index in [1.165, 1.54) is 48.5 Å². The van der Waals surface area contributed by atoms with Crippen molar-refractivity contribution in [2.45, 2.75) is 25.5 Å². The average Bonchev–Trinajstić information content (AvgIpc) is 2.54. The van der Waals surface area contributed by atoms with E-state index in [4.69, 9.17) is 4.74 Å². The van der Waals surface area contributed by atoms with Gasteiger partial charge in [0.1, 0.15) is 17.4 Å². The van der Waals surface area contributed by atoms with Crippen LogP contribution in [-0.2, 0) is 4.79 Å². The summed E-state index contributed by atoms with van der Waals surface area (Å²) in [6.45, 7) is 1.55. The predicted molar refractivity (Wildman–Crippen MR) is 85.5 cm³/mol. The molecule has 0 aliphatic heterocycles. The van der Waals surface area contributed by atoms with Crippen LogP contribution in [0.3, 0.4) is 0 Å². The summed E-state index contributed by atoms with van der Waals surface area (Å²) < 4.78 is 30.9. The Morgan fingerprint density at radius 3 is 2.21 bits per heavy atom. The molecule has 128 valence electrons. The Balaban J connectivity index is 1.76. The van der Waals surface area contributed by atoms with Gasteiger partial charge >= 0.3 is 0 Å². The molecule has 0 fully saturated rings. The van der Waals surface area contributed by atoms with Gasteiger partial charge in [-0.1, -0.05) is 12.1 Å². The maximum absolute atomic E-state index is 12.9. The summed E-state index contributed by atoms with van der Waals surface area (Å²) in [4.78, 5) is 11.8. The third-order valence-electron chi connectivity index (χ3n) is 3.42. The molecule has 0 aromatic heterocycles. The Bertz CT molecular complexity index is 659. The number of nitrogens with one attached hydrogen (secondary N) is 1. The number of carbonyl (C=O) groups excluding carboxylic acids is 1. The zero-order chi connectivity index (χ0) is 17.5. The fourth-order valence-electron chi connectivity index (χ4n) is 2.21. The molecule has 2 atom stereocenters. The smallest absolute Gasteiger partial charge is 0.258 e. The van der Waals surface area contributed by atoms with Crippen LogP contribution >= 0.6 is 0 Å². The molecule has 0 bridgehead atoms. The number of ether oxygens (including phenoxy) is 1. The number of carbonyl (C=O) groups is 1. The van der Waals surface area contributed by atoms with E-state index in [1.54, 1.807) is 6.92 Å². The van der Waals surface area contributed by atoms with Crippen molar-refractivity contribution in [3.8, 4) is 5.75 Å². The van der Waals surface area contributed by atoms with Crippen LogP contribution in [0.5, 0.6) is 5.75 Å². The van der Waals surface area contributed by atoms with Gasteiger partial charge in [0.25, 0.3) is 5.91 Å². The average molecular weight is 335 g/mol. The molecule has 0 saturated heterocycles. The second-order valence-electron chi connectivity index (χ2n) is 5.51. The molecule has 2 unspecified atom stereocenters. The number of hydrogen-bond acceptors (Lipinski definition) is 3. The minimum absolute atomic E-state index is 0.206. The summed E-state index contributed by atoms with van der Waals surface area (Å²) in [5, 5.41) is 12.8. The summed E-state index contributed by atoms with van der Waals surface area (Å²) in [7, 11) is 0. The van der Waals surface area contributed by atoms with Crippen LogP contribution in [0, 0.1) is 11.6 Å². The first kappa shape index (κ1) is 17.9. The molecule has 0 radical (unpaired) electrons. The number of aliphatic hydroxyl groups excluding tert-OH is 1. The van der Waals surface area contributed by atoms with Gasteiger partial charge in [-0.25, -0.2) is 8.78 Å². The molecule has 0 aliphatic rings. The predicted octanol–water partition coefficient (Wildman–Crippen LogP) is 2.97. The zero-order valence-electron chi connectivity index (χ0n) is 13.2. The summed E-state index contributed by atoms with van der Waals surface area (Å²) in [5.74, 6) is -0.705. The van der Waals surface area contributed by atoms with E-state index in [0.29, 0.717) is 11.3 Å². The monoisotopic (exact) mass is 335 g/mol. The highest BCUT2D eigenvalue weighted by Gasteiger charge is 2.15. The Morgan fingerprint density at radius 1 is 1.08 bits per heavy atom. The fourth-order valence-corrected chi connectivity index (χ4v) is 2.21. The first-order valence-corrected chi connectivity index (χ1v) is 7.55. The number of aliphatic hydroxyl groups is 1. The fraction of sp³-hybridized carbons (Fsp3) is 0.278. The molecule has 0 saturated carbocycles. The third-order valence-corrected chi connectivity index (χ3v) is 3.42. The number of rotatable bonds is 7.